The van der Waals surface area contributed by atoms with Crippen molar-refractivity contribution >= 4 is 11.9 Å². The largest absolute Gasteiger partial charge is 0.481 e. The molecule has 110 valence electrons. The molecule has 2 N–H and O–H groups in total. The van der Waals surface area contributed by atoms with Crippen molar-refractivity contribution in [3.05, 3.63) is 21.0 Å². The Hall–Kier alpha value is -2.32. The summed E-state index contributed by atoms with van der Waals surface area (Å²) in [5.41, 5.74) is -1.26. The lowest BCUT2D eigenvalue weighted by molar-refractivity contribution is -0.142. The summed E-state index contributed by atoms with van der Waals surface area (Å²) in [5.74, 6) is -2.16. The Morgan fingerprint density at radius 2 is 1.90 bits per heavy atom. The summed E-state index contributed by atoms with van der Waals surface area (Å²) >= 11 is 0. The molecule has 0 amide bonds. The molecule has 9 nitrogen and oxygen atoms in total. The van der Waals surface area contributed by atoms with E-state index in [0.29, 0.717) is 19.4 Å². The summed E-state index contributed by atoms with van der Waals surface area (Å²) < 4.78 is 3.00. The lowest BCUT2D eigenvalue weighted by Crippen LogP contribution is -2.38. The van der Waals surface area contributed by atoms with Crippen LogP contribution in [-0.2, 0) is 22.7 Å². The number of fused-ring (bicyclic) bond motifs is 1. The number of aromatic nitrogens is 3. The van der Waals surface area contributed by atoms with Crippen LogP contribution in [0, 0.1) is 0 Å². The fourth-order valence-corrected chi connectivity index (χ4v) is 2.41. The van der Waals surface area contributed by atoms with Crippen LogP contribution in [0.3, 0.4) is 0 Å². The van der Waals surface area contributed by atoms with Gasteiger partial charge in [0.15, 0.2) is 6.04 Å². The molecule has 1 aromatic heterocycles. The SMILES string of the molecule is O=C(O)CCCn1c(=O)n2n(c1=O)C(C(=O)O)CCC2. The second kappa shape index (κ2) is 5.35. The molecule has 1 aromatic rings. The van der Waals surface area contributed by atoms with Crippen LogP contribution in [0.5, 0.6) is 0 Å². The van der Waals surface area contributed by atoms with Gasteiger partial charge in [0.05, 0.1) is 0 Å². The van der Waals surface area contributed by atoms with Gasteiger partial charge in [-0.1, -0.05) is 0 Å². The summed E-state index contributed by atoms with van der Waals surface area (Å²) in [4.78, 5) is 45.7. The number of carboxylic acid groups (broad SMARTS) is 2. The van der Waals surface area contributed by atoms with E-state index in [1.807, 2.05) is 0 Å². The summed E-state index contributed by atoms with van der Waals surface area (Å²) in [7, 11) is 0. The van der Waals surface area contributed by atoms with Gasteiger partial charge in [-0.2, -0.15) is 0 Å². The van der Waals surface area contributed by atoms with Gasteiger partial charge in [-0.05, 0) is 19.3 Å². The van der Waals surface area contributed by atoms with Crippen molar-refractivity contribution in [2.75, 3.05) is 0 Å². The molecule has 0 saturated carbocycles. The lowest BCUT2D eigenvalue weighted by atomic mass is 10.1. The van der Waals surface area contributed by atoms with E-state index >= 15 is 0 Å². The average Bonchev–Trinajstić information content (AvgIpc) is 2.63. The number of carboxylic acids is 2. The molecule has 9 heteroatoms. The summed E-state index contributed by atoms with van der Waals surface area (Å²) in [6.07, 6.45) is 0.801. The van der Waals surface area contributed by atoms with Gasteiger partial charge in [-0.25, -0.2) is 28.3 Å². The van der Waals surface area contributed by atoms with E-state index in [2.05, 4.69) is 0 Å². The zero-order valence-electron chi connectivity index (χ0n) is 10.7. The van der Waals surface area contributed by atoms with Crippen molar-refractivity contribution in [3.63, 3.8) is 0 Å². The Balaban J connectivity index is 2.37. The minimum absolute atomic E-state index is 0.0245. The van der Waals surface area contributed by atoms with Crippen LogP contribution in [0.4, 0.5) is 0 Å². The molecule has 0 fully saturated rings. The van der Waals surface area contributed by atoms with Gasteiger partial charge in [-0.15, -0.1) is 0 Å². The standard InChI is InChI=1S/C11H15N3O6/c15-8(16)4-2-5-12-10(19)13-6-1-3-7(9(17)18)14(13)11(12)20/h7H,1-6H2,(H,15,16)(H,17,18). The lowest BCUT2D eigenvalue weighted by Gasteiger charge is -2.21. The first-order valence-electron chi connectivity index (χ1n) is 6.30. The number of nitrogens with zero attached hydrogens (tertiary/aromatic N) is 3. The molecule has 0 aliphatic carbocycles. The Labute approximate surface area is 112 Å². The molecule has 1 unspecified atom stereocenters. The number of hydrogen-bond acceptors (Lipinski definition) is 4. The Morgan fingerprint density at radius 1 is 1.20 bits per heavy atom. The van der Waals surface area contributed by atoms with Crippen LogP contribution in [0.1, 0.15) is 31.7 Å². The quantitative estimate of drug-likeness (QED) is 0.722. The van der Waals surface area contributed by atoms with Crippen LogP contribution in [0.2, 0.25) is 0 Å². The molecule has 0 spiro atoms. The van der Waals surface area contributed by atoms with Crippen molar-refractivity contribution in [1.29, 1.82) is 0 Å². The predicted octanol–water partition coefficient (Wildman–Crippen LogP) is -0.904. The summed E-state index contributed by atoms with van der Waals surface area (Å²) in [5, 5.41) is 17.6. The molecule has 0 saturated heterocycles. The van der Waals surface area contributed by atoms with Crippen molar-refractivity contribution in [2.45, 2.75) is 44.8 Å². The van der Waals surface area contributed by atoms with Crippen molar-refractivity contribution in [3.8, 4) is 0 Å². The maximum absolute atomic E-state index is 12.1. The maximum atomic E-state index is 12.1. The maximum Gasteiger partial charge on any atom is 0.347 e. The second-order valence-corrected chi connectivity index (χ2v) is 4.68. The van der Waals surface area contributed by atoms with E-state index in [1.165, 1.54) is 0 Å². The molecule has 0 radical (unpaired) electrons. The third-order valence-electron chi connectivity index (χ3n) is 3.34. The number of rotatable bonds is 5. The highest BCUT2D eigenvalue weighted by atomic mass is 16.4. The molecule has 0 bridgehead atoms. The molecule has 1 atom stereocenters. The highest BCUT2D eigenvalue weighted by Crippen LogP contribution is 2.17. The predicted molar refractivity (Wildman–Crippen MR) is 65.7 cm³/mol. The van der Waals surface area contributed by atoms with Gasteiger partial charge in [0.2, 0.25) is 0 Å². The highest BCUT2D eigenvalue weighted by molar-refractivity contribution is 5.71. The van der Waals surface area contributed by atoms with E-state index in [0.717, 1.165) is 13.9 Å². The first-order chi connectivity index (χ1) is 9.43. The van der Waals surface area contributed by atoms with Crippen molar-refractivity contribution in [1.82, 2.24) is 13.9 Å². The Kier molecular flexibility index (Phi) is 3.77. The molecule has 20 heavy (non-hydrogen) atoms. The number of aliphatic carboxylic acids is 2. The van der Waals surface area contributed by atoms with Gasteiger partial charge >= 0.3 is 23.3 Å². The molecular weight excluding hydrogens is 270 g/mol. The zero-order valence-corrected chi connectivity index (χ0v) is 10.7. The van der Waals surface area contributed by atoms with Crippen LogP contribution in [0.15, 0.2) is 9.59 Å². The van der Waals surface area contributed by atoms with E-state index < -0.39 is 29.4 Å². The fourth-order valence-electron chi connectivity index (χ4n) is 2.41. The Morgan fingerprint density at radius 3 is 2.50 bits per heavy atom. The van der Waals surface area contributed by atoms with Crippen molar-refractivity contribution < 1.29 is 19.8 Å². The van der Waals surface area contributed by atoms with Gasteiger partial charge < -0.3 is 10.2 Å². The fraction of sp³-hybridized carbons (Fsp3) is 0.636. The third-order valence-corrected chi connectivity index (χ3v) is 3.34. The van der Waals surface area contributed by atoms with Crippen LogP contribution in [-0.4, -0.2) is 36.1 Å². The molecular formula is C11H15N3O6. The highest BCUT2D eigenvalue weighted by Gasteiger charge is 2.30. The third kappa shape index (κ3) is 2.38. The van der Waals surface area contributed by atoms with E-state index in [9.17, 15) is 19.2 Å². The average molecular weight is 285 g/mol. The first-order valence-corrected chi connectivity index (χ1v) is 6.30. The van der Waals surface area contributed by atoms with Crippen molar-refractivity contribution in [2.24, 2.45) is 0 Å². The normalized spacial score (nSPS) is 17.7. The van der Waals surface area contributed by atoms with Crippen LogP contribution in [0.25, 0.3) is 0 Å². The minimum atomic E-state index is -1.15. The number of hydrogen-bond donors (Lipinski definition) is 2. The molecule has 2 heterocycles. The molecule has 2 rings (SSSR count). The van der Waals surface area contributed by atoms with E-state index in [-0.39, 0.29) is 19.4 Å². The van der Waals surface area contributed by atoms with Gasteiger partial charge in [0.25, 0.3) is 0 Å². The van der Waals surface area contributed by atoms with E-state index in [1.54, 1.807) is 0 Å². The van der Waals surface area contributed by atoms with Gasteiger partial charge in [-0.3, -0.25) is 4.79 Å². The Bertz CT molecular complexity index is 652. The second-order valence-electron chi connectivity index (χ2n) is 4.68. The topological polar surface area (TPSA) is 124 Å². The van der Waals surface area contributed by atoms with Crippen LogP contribution < -0.4 is 11.4 Å². The van der Waals surface area contributed by atoms with Gasteiger partial charge in [0, 0.05) is 19.5 Å². The monoisotopic (exact) mass is 285 g/mol. The van der Waals surface area contributed by atoms with E-state index in [4.69, 9.17) is 10.2 Å². The number of carbonyl (C=O) groups is 2. The molecule has 1 aliphatic rings. The summed E-state index contributed by atoms with van der Waals surface area (Å²) in [6, 6.07) is -1.04. The van der Waals surface area contributed by atoms with Crippen LogP contribution >= 0.6 is 0 Å². The molecule has 0 aromatic carbocycles. The smallest absolute Gasteiger partial charge is 0.347 e. The summed E-state index contributed by atoms with van der Waals surface area (Å²) in [6.45, 7) is 0.271. The molecule has 1 aliphatic heterocycles. The zero-order chi connectivity index (χ0) is 14.9. The first kappa shape index (κ1) is 14.1. The van der Waals surface area contributed by atoms with Gasteiger partial charge in [0.1, 0.15) is 0 Å². The minimum Gasteiger partial charge on any atom is -0.481 e.